The molecule has 0 unspecified atom stereocenters. The molecular formula is C23H22N4O3S. The van der Waals surface area contributed by atoms with E-state index >= 15 is 0 Å². The van der Waals surface area contributed by atoms with E-state index in [1.165, 1.54) is 30.0 Å². The van der Waals surface area contributed by atoms with Crippen LogP contribution in [0.25, 0.3) is 11.6 Å². The summed E-state index contributed by atoms with van der Waals surface area (Å²) in [5, 5.41) is 2.68. The number of amides is 3. The minimum absolute atomic E-state index is 0.146. The highest BCUT2D eigenvalue weighted by Gasteiger charge is 2.44. The molecule has 4 aliphatic rings. The van der Waals surface area contributed by atoms with Gasteiger partial charge < -0.3 is 10.3 Å². The molecular weight excluding hydrogens is 412 g/mol. The Bertz CT molecular complexity index is 1130. The van der Waals surface area contributed by atoms with Crippen LogP contribution in [0.3, 0.4) is 0 Å². The molecule has 2 N–H and O–H groups in total. The quantitative estimate of drug-likeness (QED) is 0.706. The Morgan fingerprint density at radius 3 is 2.68 bits per heavy atom. The normalized spacial score (nSPS) is 26.0. The number of aromatic nitrogens is 1. The number of rotatable bonds is 5. The molecule has 31 heavy (non-hydrogen) atoms. The van der Waals surface area contributed by atoms with E-state index in [-0.39, 0.29) is 29.4 Å². The third-order valence-corrected chi connectivity index (χ3v) is 7.43. The molecule has 3 amide bonds. The average molecular weight is 435 g/mol. The lowest BCUT2D eigenvalue weighted by Gasteiger charge is -2.15. The van der Waals surface area contributed by atoms with Crippen LogP contribution in [-0.4, -0.2) is 50.7 Å². The van der Waals surface area contributed by atoms with Crippen molar-refractivity contribution in [3.8, 4) is 0 Å². The van der Waals surface area contributed by atoms with Crippen molar-refractivity contribution in [1.82, 2.24) is 14.8 Å². The Hall–Kier alpha value is -2.84. The molecule has 7 nitrogen and oxygen atoms in total. The molecule has 2 aromatic rings. The Labute approximate surface area is 183 Å². The molecule has 6 rings (SSSR count). The van der Waals surface area contributed by atoms with Gasteiger partial charge in [-0.25, -0.2) is 0 Å². The monoisotopic (exact) mass is 434 g/mol. The zero-order valence-electron chi connectivity index (χ0n) is 16.9. The molecule has 1 aromatic carbocycles. The molecule has 3 aliphatic heterocycles. The van der Waals surface area contributed by atoms with Crippen LogP contribution in [0.4, 0.5) is 10.5 Å². The minimum atomic E-state index is -0.218. The van der Waals surface area contributed by atoms with Gasteiger partial charge in [0.2, 0.25) is 5.91 Å². The van der Waals surface area contributed by atoms with Gasteiger partial charge in [0, 0.05) is 42.8 Å². The molecule has 2 atom stereocenters. The van der Waals surface area contributed by atoms with E-state index in [2.05, 4.69) is 21.3 Å². The number of hydrogen-bond donors (Lipinski definition) is 2. The Kier molecular flexibility index (Phi) is 4.33. The van der Waals surface area contributed by atoms with Crippen molar-refractivity contribution in [3.63, 3.8) is 0 Å². The van der Waals surface area contributed by atoms with Gasteiger partial charge in [0.05, 0.1) is 17.9 Å². The number of nitrogens with one attached hydrogen (secondary N) is 2. The molecule has 1 aliphatic carbocycles. The first kappa shape index (κ1) is 18.9. The van der Waals surface area contributed by atoms with Gasteiger partial charge in [-0.15, -0.1) is 0 Å². The second-order valence-electron chi connectivity index (χ2n) is 8.84. The number of likely N-dealkylation sites (tertiary alicyclic amines) is 1. The first-order valence-electron chi connectivity index (χ1n) is 10.6. The van der Waals surface area contributed by atoms with E-state index in [1.807, 2.05) is 30.5 Å². The largest absolute Gasteiger partial charge is 0.361 e. The number of carbonyl (C=O) groups is 3. The number of benzene rings is 1. The number of imide groups is 1. The van der Waals surface area contributed by atoms with Crippen molar-refractivity contribution in [2.75, 3.05) is 24.2 Å². The van der Waals surface area contributed by atoms with Crippen molar-refractivity contribution < 1.29 is 14.4 Å². The summed E-state index contributed by atoms with van der Waals surface area (Å²) in [5.41, 5.74) is 5.07. The van der Waals surface area contributed by atoms with Crippen LogP contribution in [0.2, 0.25) is 0 Å². The van der Waals surface area contributed by atoms with E-state index in [0.29, 0.717) is 5.57 Å². The van der Waals surface area contributed by atoms with Crippen molar-refractivity contribution in [2.24, 2.45) is 11.8 Å². The summed E-state index contributed by atoms with van der Waals surface area (Å²) in [6.45, 7) is 3.57. The summed E-state index contributed by atoms with van der Waals surface area (Å²) in [7, 11) is 0. The lowest BCUT2D eigenvalue weighted by atomic mass is 10.0. The van der Waals surface area contributed by atoms with Gasteiger partial charge in [0.25, 0.3) is 11.1 Å². The smallest absolute Gasteiger partial charge is 0.289 e. The number of hydrogen-bond acceptors (Lipinski definition) is 5. The number of fused-ring (bicyclic) bond motifs is 2. The Morgan fingerprint density at radius 2 is 1.90 bits per heavy atom. The van der Waals surface area contributed by atoms with Gasteiger partial charge in [-0.2, -0.15) is 0 Å². The van der Waals surface area contributed by atoms with Crippen molar-refractivity contribution in [3.05, 3.63) is 52.8 Å². The molecule has 2 saturated heterocycles. The topological polar surface area (TPSA) is 85.5 Å². The standard InChI is InChI=1S/C23H22N4O3S/c28-21-12-31-23(30)27(21)9-13-1-2-20-18(4-13)19(22(29)25-20)6-17-3-14(7-24-17)8-26-10-15-5-16(15)11-26/h1-4,6-7,15-16,24H,5,8-12H2,(H,25,29)/b19-6-/t15-,16+. The van der Waals surface area contributed by atoms with Gasteiger partial charge in [-0.05, 0) is 53.7 Å². The fourth-order valence-corrected chi connectivity index (χ4v) is 5.59. The Balaban J connectivity index is 1.22. The minimum Gasteiger partial charge on any atom is -0.361 e. The predicted octanol–water partition coefficient (Wildman–Crippen LogP) is 3.15. The zero-order valence-corrected chi connectivity index (χ0v) is 17.7. The lowest BCUT2D eigenvalue weighted by molar-refractivity contribution is -0.125. The van der Waals surface area contributed by atoms with Crippen molar-refractivity contribution in [2.45, 2.75) is 19.5 Å². The zero-order chi connectivity index (χ0) is 21.1. The molecule has 3 fully saturated rings. The van der Waals surface area contributed by atoms with Gasteiger partial charge in [-0.1, -0.05) is 17.8 Å². The number of piperidine rings is 1. The summed E-state index contributed by atoms with van der Waals surface area (Å²) in [4.78, 5) is 43.5. The van der Waals surface area contributed by atoms with E-state index in [0.717, 1.165) is 52.7 Å². The van der Waals surface area contributed by atoms with E-state index in [4.69, 9.17) is 0 Å². The number of carbonyl (C=O) groups excluding carboxylic acids is 3. The summed E-state index contributed by atoms with van der Waals surface area (Å²) in [6.07, 6.45) is 5.29. The van der Waals surface area contributed by atoms with Gasteiger partial charge in [-0.3, -0.25) is 24.2 Å². The SMILES string of the molecule is O=C1Nc2ccc(CN3C(=O)CSC3=O)cc2/C1=C/c1cc(CN2C[C@H]3C[C@H]3C2)c[nH]1. The van der Waals surface area contributed by atoms with E-state index in [9.17, 15) is 14.4 Å². The average Bonchev–Trinajstić information content (AvgIpc) is 3.10. The number of thioether (sulfide) groups is 1. The lowest BCUT2D eigenvalue weighted by Crippen LogP contribution is -2.27. The van der Waals surface area contributed by atoms with Crippen LogP contribution >= 0.6 is 11.8 Å². The van der Waals surface area contributed by atoms with Crippen LogP contribution in [0.5, 0.6) is 0 Å². The maximum atomic E-state index is 12.6. The molecule has 1 saturated carbocycles. The highest BCUT2D eigenvalue weighted by Crippen LogP contribution is 2.45. The van der Waals surface area contributed by atoms with E-state index < -0.39 is 0 Å². The molecule has 8 heteroatoms. The molecule has 0 spiro atoms. The van der Waals surface area contributed by atoms with Crippen molar-refractivity contribution >= 4 is 46.2 Å². The maximum Gasteiger partial charge on any atom is 0.289 e. The van der Waals surface area contributed by atoms with Gasteiger partial charge in [0.15, 0.2) is 0 Å². The summed E-state index contributed by atoms with van der Waals surface area (Å²) >= 11 is 1.03. The molecule has 0 bridgehead atoms. The summed E-state index contributed by atoms with van der Waals surface area (Å²) < 4.78 is 0. The first-order valence-corrected chi connectivity index (χ1v) is 11.5. The third-order valence-electron chi connectivity index (χ3n) is 6.57. The first-order chi connectivity index (χ1) is 15.0. The van der Waals surface area contributed by atoms with Gasteiger partial charge >= 0.3 is 0 Å². The number of anilines is 1. The Morgan fingerprint density at radius 1 is 1.06 bits per heavy atom. The number of H-pyrrole nitrogens is 1. The number of aromatic amines is 1. The fourth-order valence-electron chi connectivity index (χ4n) is 4.87. The van der Waals surface area contributed by atoms with Crippen LogP contribution in [0.15, 0.2) is 30.5 Å². The van der Waals surface area contributed by atoms with Crippen LogP contribution in [0, 0.1) is 11.8 Å². The van der Waals surface area contributed by atoms with Gasteiger partial charge in [0.1, 0.15) is 0 Å². The maximum absolute atomic E-state index is 12.6. The van der Waals surface area contributed by atoms with Crippen molar-refractivity contribution in [1.29, 1.82) is 0 Å². The summed E-state index contributed by atoms with van der Waals surface area (Å²) in [6, 6.07) is 7.67. The number of nitrogens with zero attached hydrogens (tertiary/aromatic N) is 2. The summed E-state index contributed by atoms with van der Waals surface area (Å²) in [5.74, 6) is 1.71. The van der Waals surface area contributed by atoms with Crippen LogP contribution in [-0.2, 0) is 22.7 Å². The third kappa shape index (κ3) is 3.49. The second kappa shape index (κ2) is 7.10. The molecule has 4 heterocycles. The highest BCUT2D eigenvalue weighted by molar-refractivity contribution is 8.14. The molecule has 1 aromatic heterocycles. The highest BCUT2D eigenvalue weighted by atomic mass is 32.2. The fraction of sp³-hybridized carbons (Fsp3) is 0.348. The second-order valence-corrected chi connectivity index (χ2v) is 9.77. The molecule has 158 valence electrons. The van der Waals surface area contributed by atoms with E-state index in [1.54, 1.807) is 0 Å². The predicted molar refractivity (Wildman–Crippen MR) is 119 cm³/mol. The van der Waals surface area contributed by atoms with Crippen LogP contribution < -0.4 is 5.32 Å². The molecule has 0 radical (unpaired) electrons. The van der Waals surface area contributed by atoms with Crippen LogP contribution in [0.1, 0.15) is 28.8 Å².